The van der Waals surface area contributed by atoms with Crippen molar-refractivity contribution in [3.05, 3.63) is 36.9 Å². The van der Waals surface area contributed by atoms with Crippen LogP contribution in [-0.4, -0.2) is 75.7 Å². The lowest BCUT2D eigenvalue weighted by atomic mass is 9.95. The highest BCUT2D eigenvalue weighted by atomic mass is 16.5. The standard InChI is InChI=1S/C23H31N5O2/c29-22-17-30-21(15-27-12-9-25-23(27)20-3-7-24-8-4-20)16-28(22)14-19-5-10-26(11-6-19)13-18-1-2-18/h3-4,7-9,12,18-19,21H,1-2,5-6,10-11,13-17H2. The summed E-state index contributed by atoms with van der Waals surface area (Å²) in [5, 5.41) is 0. The number of amides is 1. The second-order valence-electron chi connectivity index (χ2n) is 9.06. The molecule has 4 heterocycles. The molecule has 1 aliphatic carbocycles. The third-order valence-corrected chi connectivity index (χ3v) is 6.67. The summed E-state index contributed by atoms with van der Waals surface area (Å²) >= 11 is 0. The number of hydrogen-bond acceptors (Lipinski definition) is 5. The number of hydrogen-bond donors (Lipinski definition) is 0. The fourth-order valence-corrected chi connectivity index (χ4v) is 4.73. The van der Waals surface area contributed by atoms with Gasteiger partial charge in [0.2, 0.25) is 5.91 Å². The molecule has 30 heavy (non-hydrogen) atoms. The van der Waals surface area contributed by atoms with Gasteiger partial charge < -0.3 is 19.1 Å². The van der Waals surface area contributed by atoms with Crippen LogP contribution in [0, 0.1) is 11.8 Å². The molecule has 160 valence electrons. The number of imidazole rings is 1. The number of carbonyl (C=O) groups excluding carboxylic acids is 1. The van der Waals surface area contributed by atoms with Crippen LogP contribution >= 0.6 is 0 Å². The van der Waals surface area contributed by atoms with Crippen LogP contribution in [-0.2, 0) is 16.1 Å². The highest BCUT2D eigenvalue weighted by Crippen LogP contribution is 2.31. The molecule has 3 aliphatic rings. The Labute approximate surface area is 178 Å². The maximum atomic E-state index is 12.5. The van der Waals surface area contributed by atoms with Crippen LogP contribution in [0.4, 0.5) is 0 Å². The molecule has 2 aromatic rings. The lowest BCUT2D eigenvalue weighted by molar-refractivity contribution is -0.150. The van der Waals surface area contributed by atoms with Crippen molar-refractivity contribution in [3.8, 4) is 11.4 Å². The molecule has 2 saturated heterocycles. The zero-order chi connectivity index (χ0) is 20.3. The molecular formula is C23H31N5O2. The first-order chi connectivity index (χ1) is 14.7. The third kappa shape index (κ3) is 4.73. The maximum absolute atomic E-state index is 12.5. The van der Waals surface area contributed by atoms with Crippen LogP contribution in [0.25, 0.3) is 11.4 Å². The lowest BCUT2D eigenvalue weighted by Crippen LogP contribution is -2.50. The second kappa shape index (κ2) is 8.86. The minimum Gasteiger partial charge on any atom is -0.365 e. The Bertz CT molecular complexity index is 842. The fourth-order valence-electron chi connectivity index (χ4n) is 4.73. The van der Waals surface area contributed by atoms with E-state index in [-0.39, 0.29) is 18.6 Å². The van der Waals surface area contributed by atoms with Crippen LogP contribution in [0.1, 0.15) is 25.7 Å². The molecule has 1 amide bonds. The molecular weight excluding hydrogens is 378 g/mol. The van der Waals surface area contributed by atoms with Gasteiger partial charge in [0.05, 0.1) is 12.6 Å². The van der Waals surface area contributed by atoms with Crippen LogP contribution < -0.4 is 0 Å². The van der Waals surface area contributed by atoms with Crippen LogP contribution in [0.15, 0.2) is 36.9 Å². The maximum Gasteiger partial charge on any atom is 0.248 e. The lowest BCUT2D eigenvalue weighted by Gasteiger charge is -2.38. The van der Waals surface area contributed by atoms with Gasteiger partial charge in [-0.15, -0.1) is 0 Å². The molecule has 1 atom stereocenters. The zero-order valence-electron chi connectivity index (χ0n) is 17.5. The number of ether oxygens (including phenoxy) is 1. The van der Waals surface area contributed by atoms with E-state index in [0.29, 0.717) is 19.0 Å². The summed E-state index contributed by atoms with van der Waals surface area (Å²) < 4.78 is 8.00. The van der Waals surface area contributed by atoms with Crippen molar-refractivity contribution >= 4 is 5.91 Å². The van der Waals surface area contributed by atoms with E-state index >= 15 is 0 Å². The Hall–Kier alpha value is -2.25. The SMILES string of the molecule is O=C1COC(Cn2ccnc2-c2ccncc2)CN1CC1CCN(CC2CC2)CC1. The van der Waals surface area contributed by atoms with Crippen molar-refractivity contribution in [1.29, 1.82) is 0 Å². The molecule has 0 bridgehead atoms. The van der Waals surface area contributed by atoms with Crippen LogP contribution in [0.2, 0.25) is 0 Å². The number of nitrogens with zero attached hydrogens (tertiary/aromatic N) is 5. The summed E-state index contributed by atoms with van der Waals surface area (Å²) in [5.41, 5.74) is 1.04. The number of likely N-dealkylation sites (tertiary alicyclic amines) is 1. The zero-order valence-corrected chi connectivity index (χ0v) is 17.5. The van der Waals surface area contributed by atoms with Gasteiger partial charge in [-0.2, -0.15) is 0 Å². The molecule has 0 aromatic carbocycles. The largest absolute Gasteiger partial charge is 0.365 e. The monoisotopic (exact) mass is 409 g/mol. The van der Waals surface area contributed by atoms with Gasteiger partial charge in [0.1, 0.15) is 12.4 Å². The molecule has 7 heteroatoms. The van der Waals surface area contributed by atoms with Gasteiger partial charge in [0.15, 0.2) is 0 Å². The van der Waals surface area contributed by atoms with E-state index in [0.717, 1.165) is 23.9 Å². The van der Waals surface area contributed by atoms with E-state index in [1.807, 2.05) is 29.4 Å². The first-order valence-corrected chi connectivity index (χ1v) is 11.3. The molecule has 3 fully saturated rings. The van der Waals surface area contributed by atoms with Gasteiger partial charge in [-0.05, 0) is 62.7 Å². The molecule has 2 aliphatic heterocycles. The third-order valence-electron chi connectivity index (χ3n) is 6.67. The van der Waals surface area contributed by atoms with Gasteiger partial charge in [-0.25, -0.2) is 4.98 Å². The summed E-state index contributed by atoms with van der Waals surface area (Å²) in [5.74, 6) is 2.62. The first kappa shape index (κ1) is 19.7. The average molecular weight is 410 g/mol. The van der Waals surface area contributed by atoms with E-state index in [4.69, 9.17) is 4.74 Å². The number of rotatable bonds is 7. The Morgan fingerprint density at radius 1 is 0.967 bits per heavy atom. The molecule has 0 N–H and O–H groups in total. The van der Waals surface area contributed by atoms with Gasteiger partial charge in [-0.1, -0.05) is 0 Å². The van der Waals surface area contributed by atoms with Crippen LogP contribution in [0.5, 0.6) is 0 Å². The minimum atomic E-state index is -0.00700. The number of piperidine rings is 1. The molecule has 0 spiro atoms. The van der Waals surface area contributed by atoms with Crippen molar-refractivity contribution in [2.24, 2.45) is 11.8 Å². The highest BCUT2D eigenvalue weighted by Gasteiger charge is 2.31. The van der Waals surface area contributed by atoms with Crippen molar-refractivity contribution in [1.82, 2.24) is 24.3 Å². The minimum absolute atomic E-state index is 0.00700. The molecule has 0 radical (unpaired) electrons. The van der Waals surface area contributed by atoms with Crippen molar-refractivity contribution in [2.45, 2.75) is 38.3 Å². The predicted molar refractivity (Wildman–Crippen MR) is 114 cm³/mol. The van der Waals surface area contributed by atoms with E-state index in [1.54, 1.807) is 12.4 Å². The van der Waals surface area contributed by atoms with Gasteiger partial charge in [0, 0.05) is 50.0 Å². The van der Waals surface area contributed by atoms with Crippen LogP contribution in [0.3, 0.4) is 0 Å². The molecule has 1 saturated carbocycles. The molecule has 1 unspecified atom stereocenters. The van der Waals surface area contributed by atoms with E-state index in [1.165, 1.54) is 45.3 Å². The highest BCUT2D eigenvalue weighted by molar-refractivity contribution is 5.78. The van der Waals surface area contributed by atoms with Gasteiger partial charge >= 0.3 is 0 Å². The summed E-state index contributed by atoms with van der Waals surface area (Å²) in [7, 11) is 0. The molecule has 2 aromatic heterocycles. The van der Waals surface area contributed by atoms with Crippen molar-refractivity contribution in [3.63, 3.8) is 0 Å². The molecule has 5 rings (SSSR count). The number of aromatic nitrogens is 3. The summed E-state index contributed by atoms with van der Waals surface area (Å²) in [6, 6.07) is 3.93. The Morgan fingerprint density at radius 3 is 2.50 bits per heavy atom. The smallest absolute Gasteiger partial charge is 0.248 e. The number of carbonyl (C=O) groups is 1. The summed E-state index contributed by atoms with van der Waals surface area (Å²) in [6.07, 6.45) is 12.6. The Morgan fingerprint density at radius 2 is 1.73 bits per heavy atom. The van der Waals surface area contributed by atoms with E-state index < -0.39 is 0 Å². The predicted octanol–water partition coefficient (Wildman–Crippen LogP) is 2.29. The van der Waals surface area contributed by atoms with Crippen molar-refractivity contribution < 1.29 is 9.53 Å². The quantitative estimate of drug-likeness (QED) is 0.702. The van der Waals surface area contributed by atoms with E-state index in [2.05, 4.69) is 19.4 Å². The Kier molecular flexibility index (Phi) is 5.82. The van der Waals surface area contributed by atoms with Gasteiger partial charge in [0.25, 0.3) is 0 Å². The Balaban J connectivity index is 1.16. The average Bonchev–Trinajstić information content (AvgIpc) is 3.47. The first-order valence-electron chi connectivity index (χ1n) is 11.3. The molecule has 7 nitrogen and oxygen atoms in total. The topological polar surface area (TPSA) is 63.5 Å². The van der Waals surface area contributed by atoms with Crippen molar-refractivity contribution in [2.75, 3.05) is 39.3 Å². The summed E-state index contributed by atoms with van der Waals surface area (Å²) in [4.78, 5) is 25.7. The van der Waals surface area contributed by atoms with E-state index in [9.17, 15) is 4.79 Å². The summed E-state index contributed by atoms with van der Waals surface area (Å²) in [6.45, 7) is 6.08. The number of pyridine rings is 1. The normalized spacial score (nSPS) is 23.8. The van der Waals surface area contributed by atoms with Gasteiger partial charge in [-0.3, -0.25) is 9.78 Å². The number of morpholine rings is 1. The second-order valence-corrected chi connectivity index (χ2v) is 9.06. The fraction of sp³-hybridized carbons (Fsp3) is 0.609.